The highest BCUT2D eigenvalue weighted by molar-refractivity contribution is 5.02. The van der Waals surface area contributed by atoms with Crippen LogP contribution in [0.5, 0.6) is 0 Å². The van der Waals surface area contributed by atoms with E-state index in [0.29, 0.717) is 5.92 Å². The van der Waals surface area contributed by atoms with Crippen LogP contribution in [0.15, 0.2) is 0 Å². The summed E-state index contributed by atoms with van der Waals surface area (Å²) >= 11 is 0. The van der Waals surface area contributed by atoms with E-state index in [1.165, 1.54) is 0 Å². The third-order valence-corrected chi connectivity index (χ3v) is 7.26. The Hall–Kier alpha value is -0.500. The minimum Gasteiger partial charge on any atom is -0.381 e. The van der Waals surface area contributed by atoms with Gasteiger partial charge < -0.3 is 9.84 Å². The molecule has 2 aliphatic carbocycles. The Labute approximate surface area is 156 Å². The van der Waals surface area contributed by atoms with Gasteiger partial charge in [0.05, 0.1) is 6.10 Å². The molecule has 0 aliphatic heterocycles. The van der Waals surface area contributed by atoms with E-state index in [9.17, 15) is 31.4 Å². The van der Waals surface area contributed by atoms with E-state index < -0.39 is 24.4 Å². The number of halogens is 6. The lowest BCUT2D eigenvalue weighted by Crippen LogP contribution is -2.56. The summed E-state index contributed by atoms with van der Waals surface area (Å²) in [6, 6.07) is 0. The number of hydrogen-bond donors (Lipinski definition) is 1. The molecular formula is C19H30F6O2. The molecule has 2 aliphatic rings. The Kier molecular flexibility index (Phi) is 6.52. The smallest absolute Gasteiger partial charge is 0.381 e. The number of hydrogen-bond acceptors (Lipinski definition) is 2. The fourth-order valence-electron chi connectivity index (χ4n) is 5.70. The largest absolute Gasteiger partial charge is 0.426 e. The minimum atomic E-state index is -5.73. The molecule has 5 atom stereocenters. The molecule has 0 spiro atoms. The molecular weight excluding hydrogens is 374 g/mol. The molecule has 1 N–H and O–H groups in total. The number of rotatable bonds is 6. The van der Waals surface area contributed by atoms with Crippen LogP contribution < -0.4 is 0 Å². The Morgan fingerprint density at radius 2 is 1.67 bits per heavy atom. The summed E-state index contributed by atoms with van der Waals surface area (Å²) in [5, 5.41) is 9.30. The molecule has 8 heteroatoms. The molecule has 0 radical (unpaired) electrons. The van der Waals surface area contributed by atoms with E-state index >= 15 is 0 Å². The highest BCUT2D eigenvalue weighted by Gasteiger charge is 2.69. The highest BCUT2D eigenvalue weighted by atomic mass is 19.4. The van der Waals surface area contributed by atoms with Gasteiger partial charge >= 0.3 is 12.4 Å². The van der Waals surface area contributed by atoms with E-state index in [1.807, 2.05) is 6.92 Å². The summed E-state index contributed by atoms with van der Waals surface area (Å²) in [5.41, 5.74) is -4.61. The van der Waals surface area contributed by atoms with E-state index in [4.69, 9.17) is 4.74 Å². The number of aliphatic hydroxyl groups is 1. The first-order valence-corrected chi connectivity index (χ1v) is 9.66. The maximum absolute atomic E-state index is 12.8. The first-order chi connectivity index (χ1) is 12.3. The van der Waals surface area contributed by atoms with Gasteiger partial charge in [0, 0.05) is 7.11 Å². The molecule has 160 valence electrons. The van der Waals surface area contributed by atoms with Crippen LogP contribution in [0.3, 0.4) is 0 Å². The standard InChI is InChI=1S/C19H30F6O2/c1-12(6-4-11-17(26,18(20,21)22)19(23,24)25)13-8-9-14-15(27-3)7-5-10-16(13,14)2/h12-15,26H,4-11H2,1-3H3/t12?,13-,14?,15+,16-/m1/s1. The average Bonchev–Trinajstić information content (AvgIpc) is 2.89. The van der Waals surface area contributed by atoms with Crippen molar-refractivity contribution in [3.63, 3.8) is 0 Å². The lowest BCUT2D eigenvalue weighted by Gasteiger charge is -2.46. The third kappa shape index (κ3) is 4.11. The zero-order chi connectivity index (χ0) is 20.7. The molecule has 27 heavy (non-hydrogen) atoms. The second-order valence-electron chi connectivity index (χ2n) is 8.69. The second kappa shape index (κ2) is 7.73. The van der Waals surface area contributed by atoms with Crippen molar-refractivity contribution in [1.82, 2.24) is 0 Å². The number of methoxy groups -OCH3 is 1. The molecule has 2 saturated carbocycles. The van der Waals surface area contributed by atoms with Gasteiger partial charge in [0.15, 0.2) is 0 Å². The molecule has 0 heterocycles. The predicted molar refractivity (Wildman–Crippen MR) is 89.0 cm³/mol. The van der Waals surface area contributed by atoms with Crippen molar-refractivity contribution < 1.29 is 36.2 Å². The SMILES string of the molecule is CO[C@H]1CCC[C@@]2(C)C1CC[C@@H]2C(C)CCCC(O)(C(F)(F)F)C(F)(F)F. The monoisotopic (exact) mass is 404 g/mol. The van der Waals surface area contributed by atoms with Gasteiger partial charge in [-0.3, -0.25) is 0 Å². The zero-order valence-electron chi connectivity index (χ0n) is 16.1. The van der Waals surface area contributed by atoms with E-state index in [1.54, 1.807) is 7.11 Å². The van der Waals surface area contributed by atoms with Crippen LogP contribution in [0.2, 0.25) is 0 Å². The van der Waals surface area contributed by atoms with Gasteiger partial charge in [0.2, 0.25) is 0 Å². The van der Waals surface area contributed by atoms with Crippen molar-refractivity contribution in [2.75, 3.05) is 7.11 Å². The molecule has 0 aromatic rings. The maximum atomic E-state index is 12.8. The molecule has 0 bridgehead atoms. The molecule has 2 rings (SSSR count). The first kappa shape index (κ1) is 22.8. The van der Waals surface area contributed by atoms with Crippen molar-refractivity contribution >= 4 is 0 Å². The molecule has 2 nitrogen and oxygen atoms in total. The molecule has 0 saturated heterocycles. The van der Waals surface area contributed by atoms with E-state index in [0.717, 1.165) is 32.1 Å². The first-order valence-electron chi connectivity index (χ1n) is 9.66. The quantitative estimate of drug-likeness (QED) is 0.560. The summed E-state index contributed by atoms with van der Waals surface area (Å²) in [5.74, 6) is 0.651. The molecule has 0 aromatic carbocycles. The van der Waals surface area contributed by atoms with Crippen molar-refractivity contribution in [2.24, 2.45) is 23.2 Å². The van der Waals surface area contributed by atoms with Gasteiger partial charge in [-0.1, -0.05) is 26.7 Å². The summed E-state index contributed by atoms with van der Waals surface area (Å²) in [4.78, 5) is 0. The highest BCUT2D eigenvalue weighted by Crippen LogP contribution is 2.59. The van der Waals surface area contributed by atoms with Crippen LogP contribution in [-0.2, 0) is 4.74 Å². The second-order valence-corrected chi connectivity index (χ2v) is 8.69. The lowest BCUT2D eigenvalue weighted by atomic mass is 9.61. The molecule has 2 fully saturated rings. The predicted octanol–water partition coefficient (Wildman–Crippen LogP) is 5.88. The van der Waals surface area contributed by atoms with Gasteiger partial charge in [-0.15, -0.1) is 0 Å². The van der Waals surface area contributed by atoms with Gasteiger partial charge in [0.25, 0.3) is 5.60 Å². The van der Waals surface area contributed by atoms with Crippen LogP contribution in [0, 0.1) is 23.2 Å². The average molecular weight is 404 g/mol. The number of ether oxygens (including phenoxy) is 1. The molecule has 0 aromatic heterocycles. The third-order valence-electron chi connectivity index (χ3n) is 7.26. The fraction of sp³-hybridized carbons (Fsp3) is 1.00. The molecule has 0 amide bonds. The van der Waals surface area contributed by atoms with Crippen LogP contribution in [0.1, 0.15) is 65.2 Å². The summed E-state index contributed by atoms with van der Waals surface area (Å²) in [6.45, 7) is 4.10. The van der Waals surface area contributed by atoms with Crippen molar-refractivity contribution in [3.8, 4) is 0 Å². The lowest BCUT2D eigenvalue weighted by molar-refractivity contribution is -0.370. The normalized spacial score (nSPS) is 33.8. The van der Waals surface area contributed by atoms with Gasteiger partial charge in [-0.25, -0.2) is 0 Å². The number of fused-ring (bicyclic) bond motifs is 1. The summed E-state index contributed by atoms with van der Waals surface area (Å²) < 4.78 is 82.5. The Bertz CT molecular complexity index is 489. The van der Waals surface area contributed by atoms with Gasteiger partial charge in [0.1, 0.15) is 0 Å². The van der Waals surface area contributed by atoms with Crippen LogP contribution in [0.25, 0.3) is 0 Å². The minimum absolute atomic E-state index is 0.00123. The Morgan fingerprint density at radius 1 is 1.07 bits per heavy atom. The van der Waals surface area contributed by atoms with E-state index in [2.05, 4.69) is 6.92 Å². The fourth-order valence-corrected chi connectivity index (χ4v) is 5.70. The van der Waals surface area contributed by atoms with Crippen LogP contribution in [0.4, 0.5) is 26.3 Å². The van der Waals surface area contributed by atoms with E-state index in [-0.39, 0.29) is 36.2 Å². The summed E-state index contributed by atoms with van der Waals surface area (Å²) in [6.07, 6.45) is -7.76. The van der Waals surface area contributed by atoms with Crippen LogP contribution >= 0.6 is 0 Å². The number of alkyl halides is 6. The summed E-state index contributed by atoms with van der Waals surface area (Å²) in [7, 11) is 1.70. The van der Waals surface area contributed by atoms with Gasteiger partial charge in [-0.05, 0) is 61.7 Å². The van der Waals surface area contributed by atoms with Gasteiger partial charge in [-0.2, -0.15) is 26.3 Å². The van der Waals surface area contributed by atoms with Crippen molar-refractivity contribution in [2.45, 2.75) is 89.3 Å². The Morgan fingerprint density at radius 3 is 2.19 bits per heavy atom. The van der Waals surface area contributed by atoms with Crippen molar-refractivity contribution in [3.05, 3.63) is 0 Å². The zero-order valence-corrected chi connectivity index (χ0v) is 16.1. The maximum Gasteiger partial charge on any atom is 0.426 e. The van der Waals surface area contributed by atoms with Crippen molar-refractivity contribution in [1.29, 1.82) is 0 Å². The van der Waals surface area contributed by atoms with Crippen LogP contribution in [-0.4, -0.2) is 36.3 Å². The molecule has 2 unspecified atom stereocenters. The Balaban J connectivity index is 2.01. The topological polar surface area (TPSA) is 29.5 Å².